The lowest BCUT2D eigenvalue weighted by Gasteiger charge is -2.18. The second kappa shape index (κ2) is 8.02. The molecule has 0 aliphatic carbocycles. The first-order valence-electron chi connectivity index (χ1n) is 6.63. The van der Waals surface area contributed by atoms with Gasteiger partial charge in [-0.3, -0.25) is 9.59 Å². The molecule has 0 aliphatic rings. The summed E-state index contributed by atoms with van der Waals surface area (Å²) in [5.74, 6) is 0.943. The highest BCUT2D eigenvalue weighted by molar-refractivity contribution is 9.10. The van der Waals surface area contributed by atoms with E-state index in [4.69, 9.17) is 9.47 Å². The molecule has 1 amide bonds. The van der Waals surface area contributed by atoms with E-state index in [0.29, 0.717) is 33.7 Å². The summed E-state index contributed by atoms with van der Waals surface area (Å²) in [7, 11) is 1.48. The molecular formula is C15H20BrNO4. The van der Waals surface area contributed by atoms with Gasteiger partial charge in [-0.1, -0.05) is 13.8 Å². The molecule has 0 aliphatic heterocycles. The van der Waals surface area contributed by atoms with Crippen molar-refractivity contribution in [3.05, 3.63) is 22.2 Å². The number of halogens is 1. The van der Waals surface area contributed by atoms with Crippen LogP contribution in [0.5, 0.6) is 11.5 Å². The Balaban J connectivity index is 2.75. The summed E-state index contributed by atoms with van der Waals surface area (Å²) >= 11 is 3.31. The molecule has 1 atom stereocenters. The maximum Gasteiger partial charge on any atom is 0.258 e. The van der Waals surface area contributed by atoms with Gasteiger partial charge in [0.05, 0.1) is 11.6 Å². The van der Waals surface area contributed by atoms with Crippen LogP contribution in [0.3, 0.4) is 0 Å². The van der Waals surface area contributed by atoms with Crippen LogP contribution < -0.4 is 14.8 Å². The highest BCUT2D eigenvalue weighted by Gasteiger charge is 2.15. The van der Waals surface area contributed by atoms with Crippen LogP contribution >= 0.6 is 15.9 Å². The summed E-state index contributed by atoms with van der Waals surface area (Å²) in [6.45, 7) is 5.89. The fourth-order valence-electron chi connectivity index (χ4n) is 1.55. The lowest BCUT2D eigenvalue weighted by molar-refractivity contribution is -0.124. The van der Waals surface area contributed by atoms with E-state index < -0.39 is 0 Å². The van der Waals surface area contributed by atoms with Gasteiger partial charge in [0.2, 0.25) is 0 Å². The predicted molar refractivity (Wildman–Crippen MR) is 84.0 cm³/mol. The first-order chi connectivity index (χ1) is 9.88. The number of carbonyl (C=O) groups is 2. The topological polar surface area (TPSA) is 64.6 Å². The smallest absolute Gasteiger partial charge is 0.258 e. The van der Waals surface area contributed by atoms with Gasteiger partial charge in [-0.2, -0.15) is 0 Å². The Morgan fingerprint density at radius 2 is 2.05 bits per heavy atom. The lowest BCUT2D eigenvalue weighted by Crippen LogP contribution is -2.39. The van der Waals surface area contributed by atoms with Crippen LogP contribution in [0.4, 0.5) is 0 Å². The standard InChI is InChI=1S/C15H20BrNO4/c1-9(2)10(3)17-14(19)8-21-15-12(16)5-11(7-18)6-13(15)20-4/h5-7,9-10H,8H2,1-4H3,(H,17,19). The third-order valence-corrected chi connectivity index (χ3v) is 3.71. The molecule has 0 saturated heterocycles. The van der Waals surface area contributed by atoms with Crippen LogP contribution in [0.15, 0.2) is 16.6 Å². The van der Waals surface area contributed by atoms with Crippen LogP contribution in [-0.4, -0.2) is 32.0 Å². The van der Waals surface area contributed by atoms with Gasteiger partial charge in [0.15, 0.2) is 18.1 Å². The van der Waals surface area contributed by atoms with Crippen LogP contribution in [0.25, 0.3) is 0 Å². The Kier molecular flexibility index (Phi) is 6.68. The molecule has 5 nitrogen and oxygen atoms in total. The molecule has 1 unspecified atom stereocenters. The average Bonchev–Trinajstić information content (AvgIpc) is 2.44. The first kappa shape index (κ1) is 17.5. The van der Waals surface area contributed by atoms with Gasteiger partial charge in [-0.15, -0.1) is 0 Å². The van der Waals surface area contributed by atoms with Crippen molar-refractivity contribution in [1.29, 1.82) is 0 Å². The van der Waals surface area contributed by atoms with Crippen LogP contribution in [-0.2, 0) is 4.79 Å². The third-order valence-electron chi connectivity index (χ3n) is 3.12. The van der Waals surface area contributed by atoms with Crippen molar-refractivity contribution in [3.8, 4) is 11.5 Å². The van der Waals surface area contributed by atoms with Crippen LogP contribution in [0.2, 0.25) is 0 Å². The molecule has 0 heterocycles. The first-order valence-corrected chi connectivity index (χ1v) is 7.43. The van der Waals surface area contributed by atoms with Crippen LogP contribution in [0, 0.1) is 5.92 Å². The minimum absolute atomic E-state index is 0.0730. The summed E-state index contributed by atoms with van der Waals surface area (Å²) in [6.07, 6.45) is 0.716. The summed E-state index contributed by atoms with van der Waals surface area (Å²) in [5, 5.41) is 2.85. The van der Waals surface area contributed by atoms with Gasteiger partial charge < -0.3 is 14.8 Å². The second-order valence-electron chi connectivity index (χ2n) is 5.04. The van der Waals surface area contributed by atoms with E-state index in [2.05, 4.69) is 21.2 Å². The quantitative estimate of drug-likeness (QED) is 0.762. The number of aldehydes is 1. The molecule has 116 valence electrons. The number of rotatable bonds is 7. The number of carbonyl (C=O) groups excluding carboxylic acids is 2. The second-order valence-corrected chi connectivity index (χ2v) is 5.90. The SMILES string of the molecule is COc1cc(C=O)cc(Br)c1OCC(=O)NC(C)C(C)C. The largest absolute Gasteiger partial charge is 0.493 e. The molecule has 21 heavy (non-hydrogen) atoms. The lowest BCUT2D eigenvalue weighted by atomic mass is 10.1. The fourth-order valence-corrected chi connectivity index (χ4v) is 2.12. The molecule has 1 aromatic rings. The van der Waals surface area contributed by atoms with Gasteiger partial charge in [0.25, 0.3) is 5.91 Å². The number of ether oxygens (including phenoxy) is 2. The summed E-state index contributed by atoms with van der Waals surface area (Å²) in [6, 6.07) is 3.24. The molecule has 1 aromatic carbocycles. The molecule has 0 fully saturated rings. The zero-order chi connectivity index (χ0) is 16.0. The van der Waals surface area contributed by atoms with Gasteiger partial charge in [-0.05, 0) is 40.9 Å². The Morgan fingerprint density at radius 1 is 1.38 bits per heavy atom. The minimum Gasteiger partial charge on any atom is -0.493 e. The summed E-state index contributed by atoms with van der Waals surface area (Å²) in [5.41, 5.74) is 0.462. The maximum atomic E-state index is 11.8. The van der Waals surface area contributed by atoms with Crippen molar-refractivity contribution in [2.45, 2.75) is 26.8 Å². The van der Waals surface area contributed by atoms with Crippen molar-refractivity contribution in [2.75, 3.05) is 13.7 Å². The van der Waals surface area contributed by atoms with Crippen molar-refractivity contribution < 1.29 is 19.1 Å². The van der Waals surface area contributed by atoms with E-state index >= 15 is 0 Å². The van der Waals surface area contributed by atoms with Crippen molar-refractivity contribution >= 4 is 28.1 Å². The number of methoxy groups -OCH3 is 1. The number of benzene rings is 1. The molecule has 0 saturated carbocycles. The van der Waals surface area contributed by atoms with Gasteiger partial charge >= 0.3 is 0 Å². The zero-order valence-corrected chi connectivity index (χ0v) is 14.2. The van der Waals surface area contributed by atoms with E-state index in [1.165, 1.54) is 7.11 Å². The van der Waals surface area contributed by atoms with Crippen molar-refractivity contribution in [2.24, 2.45) is 5.92 Å². The number of hydrogen-bond donors (Lipinski definition) is 1. The molecule has 1 N–H and O–H groups in total. The zero-order valence-electron chi connectivity index (χ0n) is 12.6. The Labute approximate surface area is 133 Å². The number of hydrogen-bond acceptors (Lipinski definition) is 4. The average molecular weight is 358 g/mol. The molecule has 0 radical (unpaired) electrons. The molecular weight excluding hydrogens is 338 g/mol. The third kappa shape index (κ3) is 5.04. The van der Waals surface area contributed by atoms with Gasteiger partial charge in [0.1, 0.15) is 6.29 Å². The Bertz CT molecular complexity index is 517. The molecule has 6 heteroatoms. The molecule has 0 spiro atoms. The monoisotopic (exact) mass is 357 g/mol. The van der Waals surface area contributed by atoms with E-state index in [-0.39, 0.29) is 18.6 Å². The van der Waals surface area contributed by atoms with E-state index in [0.717, 1.165) is 0 Å². The maximum absolute atomic E-state index is 11.8. The fraction of sp³-hybridized carbons (Fsp3) is 0.467. The van der Waals surface area contributed by atoms with Gasteiger partial charge in [-0.25, -0.2) is 0 Å². The van der Waals surface area contributed by atoms with Crippen molar-refractivity contribution in [1.82, 2.24) is 5.32 Å². The highest BCUT2D eigenvalue weighted by atomic mass is 79.9. The normalized spacial score (nSPS) is 11.9. The Morgan fingerprint density at radius 3 is 2.57 bits per heavy atom. The van der Waals surface area contributed by atoms with Crippen LogP contribution in [0.1, 0.15) is 31.1 Å². The van der Waals surface area contributed by atoms with E-state index in [9.17, 15) is 9.59 Å². The number of amides is 1. The molecule has 1 rings (SSSR count). The molecule has 0 bridgehead atoms. The number of nitrogens with one attached hydrogen (secondary N) is 1. The minimum atomic E-state index is -0.204. The van der Waals surface area contributed by atoms with Crippen molar-refractivity contribution in [3.63, 3.8) is 0 Å². The van der Waals surface area contributed by atoms with E-state index in [1.807, 2.05) is 20.8 Å². The van der Waals surface area contributed by atoms with Gasteiger partial charge in [0, 0.05) is 11.6 Å². The summed E-state index contributed by atoms with van der Waals surface area (Å²) in [4.78, 5) is 22.6. The van der Waals surface area contributed by atoms with E-state index in [1.54, 1.807) is 12.1 Å². The predicted octanol–water partition coefficient (Wildman–Crippen LogP) is 2.81. The summed E-state index contributed by atoms with van der Waals surface area (Å²) < 4.78 is 11.2. The molecule has 0 aromatic heterocycles. The highest BCUT2D eigenvalue weighted by Crippen LogP contribution is 2.36. The Hall–Kier alpha value is -1.56.